The molecular formula is C9H26ClNO3Si2. The first-order valence-corrected chi connectivity index (χ1v) is 8.36. The molecule has 1 atom stereocenters. The SMILES string of the molecule is CO[Si](CCC([SiH3])[N+](C)(C)C)(OC)OC.[Cl-]. The Bertz CT molecular complexity index is 178. The number of nitrogens with zero attached hydrogens (tertiary/aromatic N) is 1. The molecule has 0 saturated heterocycles. The van der Waals surface area contributed by atoms with Crippen molar-refractivity contribution >= 4 is 19.0 Å². The van der Waals surface area contributed by atoms with Crippen molar-refractivity contribution in [1.82, 2.24) is 0 Å². The van der Waals surface area contributed by atoms with E-state index in [1.165, 1.54) is 10.2 Å². The zero-order chi connectivity index (χ0) is 12.1. The van der Waals surface area contributed by atoms with E-state index in [1.807, 2.05) is 0 Å². The first kappa shape index (κ1) is 18.9. The Balaban J connectivity index is 0. The number of quaternary nitrogens is 1. The molecule has 0 aliphatic rings. The van der Waals surface area contributed by atoms with Gasteiger partial charge in [0.1, 0.15) is 0 Å². The normalized spacial score (nSPS) is 14.6. The quantitative estimate of drug-likeness (QED) is 0.362. The van der Waals surface area contributed by atoms with Crippen molar-refractivity contribution in [3.05, 3.63) is 0 Å². The Hall–Kier alpha value is 0.564. The zero-order valence-electron chi connectivity index (χ0n) is 11.5. The zero-order valence-corrected chi connectivity index (χ0v) is 15.3. The van der Waals surface area contributed by atoms with Gasteiger partial charge in [0.2, 0.25) is 0 Å². The van der Waals surface area contributed by atoms with Crippen molar-refractivity contribution in [2.75, 3.05) is 42.5 Å². The van der Waals surface area contributed by atoms with Crippen LogP contribution in [0.25, 0.3) is 0 Å². The van der Waals surface area contributed by atoms with Crippen LogP contribution in [0, 0.1) is 0 Å². The van der Waals surface area contributed by atoms with Gasteiger partial charge in [0.25, 0.3) is 0 Å². The highest BCUT2D eigenvalue weighted by Gasteiger charge is 2.38. The van der Waals surface area contributed by atoms with E-state index < -0.39 is 8.80 Å². The molecule has 0 aromatic heterocycles. The summed E-state index contributed by atoms with van der Waals surface area (Å²) in [5, 5.41) is 0. The van der Waals surface area contributed by atoms with E-state index in [9.17, 15) is 0 Å². The van der Waals surface area contributed by atoms with Crippen molar-refractivity contribution in [3.63, 3.8) is 0 Å². The summed E-state index contributed by atoms with van der Waals surface area (Å²) in [6, 6.07) is 0.903. The molecule has 0 amide bonds. The molecule has 0 aromatic carbocycles. The van der Waals surface area contributed by atoms with Gasteiger partial charge in [-0.15, -0.1) is 0 Å². The van der Waals surface area contributed by atoms with Crippen molar-refractivity contribution in [2.45, 2.75) is 18.1 Å². The highest BCUT2D eigenvalue weighted by atomic mass is 35.5. The van der Waals surface area contributed by atoms with E-state index in [-0.39, 0.29) is 12.4 Å². The topological polar surface area (TPSA) is 27.7 Å². The molecule has 0 spiro atoms. The van der Waals surface area contributed by atoms with Crippen LogP contribution < -0.4 is 12.4 Å². The summed E-state index contributed by atoms with van der Waals surface area (Å²) in [6.07, 6.45) is 1.11. The fourth-order valence-corrected chi connectivity index (χ4v) is 4.08. The van der Waals surface area contributed by atoms with Crippen LogP contribution in [0.3, 0.4) is 0 Å². The van der Waals surface area contributed by atoms with E-state index in [2.05, 4.69) is 21.1 Å². The van der Waals surface area contributed by atoms with Crippen molar-refractivity contribution in [1.29, 1.82) is 0 Å². The van der Waals surface area contributed by atoms with E-state index >= 15 is 0 Å². The second-order valence-electron chi connectivity index (χ2n) is 4.80. The lowest BCUT2D eigenvalue weighted by Gasteiger charge is -2.33. The maximum atomic E-state index is 5.40. The van der Waals surface area contributed by atoms with Gasteiger partial charge in [0.15, 0.2) is 0 Å². The van der Waals surface area contributed by atoms with Gasteiger partial charge in [0, 0.05) is 27.4 Å². The summed E-state index contributed by atoms with van der Waals surface area (Å²) in [4.78, 5) is 0. The van der Waals surface area contributed by atoms with Crippen LogP contribution >= 0.6 is 0 Å². The Morgan fingerprint density at radius 1 is 1.06 bits per heavy atom. The molecule has 0 fully saturated rings. The Morgan fingerprint density at radius 2 is 1.44 bits per heavy atom. The summed E-state index contributed by atoms with van der Waals surface area (Å²) in [5.41, 5.74) is 0.706. The Kier molecular flexibility index (Phi) is 9.23. The van der Waals surface area contributed by atoms with Gasteiger partial charge in [-0.3, -0.25) is 0 Å². The third kappa shape index (κ3) is 5.76. The van der Waals surface area contributed by atoms with Crippen LogP contribution in [0.15, 0.2) is 0 Å². The predicted octanol–water partition coefficient (Wildman–Crippen LogP) is -3.34. The second-order valence-corrected chi connectivity index (χ2v) is 9.22. The van der Waals surface area contributed by atoms with Crippen LogP contribution in [-0.2, 0) is 13.3 Å². The third-order valence-corrected chi connectivity index (χ3v) is 8.02. The van der Waals surface area contributed by atoms with Crippen molar-refractivity contribution < 1.29 is 30.2 Å². The minimum Gasteiger partial charge on any atom is -1.00 e. The van der Waals surface area contributed by atoms with Crippen LogP contribution in [0.2, 0.25) is 6.04 Å². The lowest BCUT2D eigenvalue weighted by Crippen LogP contribution is -3.00. The van der Waals surface area contributed by atoms with Crippen LogP contribution in [0.5, 0.6) is 0 Å². The van der Waals surface area contributed by atoms with Gasteiger partial charge in [-0.2, -0.15) is 0 Å². The average molecular weight is 288 g/mol. The van der Waals surface area contributed by atoms with Crippen molar-refractivity contribution in [2.24, 2.45) is 0 Å². The molecule has 0 aliphatic heterocycles. The highest BCUT2D eigenvalue weighted by molar-refractivity contribution is 6.60. The molecule has 0 N–H and O–H groups in total. The monoisotopic (exact) mass is 287 g/mol. The van der Waals surface area contributed by atoms with E-state index in [0.29, 0.717) is 5.67 Å². The van der Waals surface area contributed by atoms with Crippen LogP contribution in [-0.4, -0.2) is 71.7 Å². The molecule has 0 aliphatic carbocycles. The first-order valence-electron chi connectivity index (χ1n) is 5.28. The van der Waals surface area contributed by atoms with Gasteiger partial charge < -0.3 is 30.2 Å². The van der Waals surface area contributed by atoms with Gasteiger partial charge >= 0.3 is 8.80 Å². The minimum atomic E-state index is -2.35. The van der Waals surface area contributed by atoms with Gasteiger partial charge in [-0.1, -0.05) is 0 Å². The Morgan fingerprint density at radius 3 is 1.69 bits per heavy atom. The molecule has 0 saturated carbocycles. The molecule has 1 unspecified atom stereocenters. The molecule has 16 heavy (non-hydrogen) atoms. The molecule has 4 nitrogen and oxygen atoms in total. The molecule has 7 heteroatoms. The standard InChI is InChI=1S/C9H26NO3Si2.ClH/c1-10(2,3)9(14)7-8-15(11-4,12-5)13-6;/h9H,7-8H2,1-6,14H3;1H/q+1;/p-1. The second kappa shape index (κ2) is 7.81. The number of rotatable bonds is 7. The molecule has 0 rings (SSSR count). The number of halogens is 1. The molecule has 0 aromatic rings. The smallest absolute Gasteiger partial charge is 0.500 e. The largest absolute Gasteiger partial charge is 1.00 e. The number of hydrogen-bond acceptors (Lipinski definition) is 3. The maximum Gasteiger partial charge on any atom is 0.500 e. The lowest BCUT2D eigenvalue weighted by atomic mass is 10.4. The predicted molar refractivity (Wildman–Crippen MR) is 68.0 cm³/mol. The molecule has 0 bridgehead atoms. The molecule has 100 valence electrons. The maximum absolute atomic E-state index is 5.40. The average Bonchev–Trinajstić information content (AvgIpc) is 2.19. The third-order valence-electron chi connectivity index (χ3n) is 3.12. The molecule has 0 heterocycles. The lowest BCUT2D eigenvalue weighted by molar-refractivity contribution is -0.882. The summed E-state index contributed by atoms with van der Waals surface area (Å²) in [5.74, 6) is 0. The first-order chi connectivity index (χ1) is 6.81. The van der Waals surface area contributed by atoms with Gasteiger partial charge in [0.05, 0.1) is 37.1 Å². The van der Waals surface area contributed by atoms with Gasteiger partial charge in [-0.05, 0) is 6.42 Å². The highest BCUT2D eigenvalue weighted by Crippen LogP contribution is 2.18. The molecular weight excluding hydrogens is 262 g/mol. The van der Waals surface area contributed by atoms with Crippen LogP contribution in [0.4, 0.5) is 0 Å². The van der Waals surface area contributed by atoms with E-state index in [1.54, 1.807) is 21.3 Å². The Labute approximate surface area is 110 Å². The summed E-state index contributed by atoms with van der Waals surface area (Å²) in [6.45, 7) is 0. The van der Waals surface area contributed by atoms with E-state index in [4.69, 9.17) is 13.3 Å². The molecule has 0 radical (unpaired) electrons. The van der Waals surface area contributed by atoms with E-state index in [0.717, 1.165) is 16.9 Å². The summed E-state index contributed by atoms with van der Waals surface area (Å²) >= 11 is 0. The fourth-order valence-electron chi connectivity index (χ4n) is 1.33. The number of hydrogen-bond donors (Lipinski definition) is 0. The van der Waals surface area contributed by atoms with Crippen LogP contribution in [0.1, 0.15) is 6.42 Å². The summed E-state index contributed by atoms with van der Waals surface area (Å²) in [7, 11) is 10.5. The van der Waals surface area contributed by atoms with Crippen molar-refractivity contribution in [3.8, 4) is 0 Å². The minimum absolute atomic E-state index is 0. The van der Waals surface area contributed by atoms with Gasteiger partial charge in [-0.25, -0.2) is 0 Å². The summed E-state index contributed by atoms with van der Waals surface area (Å²) < 4.78 is 17.2. The fraction of sp³-hybridized carbons (Fsp3) is 1.00.